The predicted molar refractivity (Wildman–Crippen MR) is 75.5 cm³/mol. The molecular formula is C13H14N4O4. The second-order valence-corrected chi connectivity index (χ2v) is 4.21. The van der Waals surface area contributed by atoms with Crippen LogP contribution in [-0.4, -0.2) is 27.1 Å². The molecule has 0 bridgehead atoms. The van der Waals surface area contributed by atoms with Crippen LogP contribution in [0.15, 0.2) is 30.6 Å². The summed E-state index contributed by atoms with van der Waals surface area (Å²) in [5.74, 6) is -0.397. The van der Waals surface area contributed by atoms with Crippen LogP contribution in [-0.2, 0) is 11.8 Å². The van der Waals surface area contributed by atoms with E-state index in [0.29, 0.717) is 17.9 Å². The first-order valence-electron chi connectivity index (χ1n) is 6.22. The molecule has 1 N–H and O–H groups in total. The van der Waals surface area contributed by atoms with Crippen molar-refractivity contribution in [1.82, 2.24) is 9.55 Å². The van der Waals surface area contributed by atoms with Crippen LogP contribution in [0, 0.1) is 10.1 Å². The van der Waals surface area contributed by atoms with Gasteiger partial charge in [-0.3, -0.25) is 4.57 Å². The highest BCUT2D eigenvalue weighted by atomic mass is 16.6. The van der Waals surface area contributed by atoms with Crippen molar-refractivity contribution >= 4 is 23.3 Å². The molecule has 0 amide bonds. The molecule has 0 saturated heterocycles. The van der Waals surface area contributed by atoms with Crippen molar-refractivity contribution in [2.75, 3.05) is 11.9 Å². The Balaban J connectivity index is 2.19. The van der Waals surface area contributed by atoms with E-state index in [0.717, 1.165) is 0 Å². The molecule has 0 unspecified atom stereocenters. The molecule has 0 radical (unpaired) electrons. The highest BCUT2D eigenvalue weighted by Crippen LogP contribution is 2.25. The second-order valence-electron chi connectivity index (χ2n) is 4.21. The number of rotatable bonds is 5. The maximum absolute atomic E-state index is 11.5. The van der Waals surface area contributed by atoms with Crippen molar-refractivity contribution in [3.8, 4) is 0 Å². The van der Waals surface area contributed by atoms with Gasteiger partial charge in [0.15, 0.2) is 0 Å². The Labute approximate surface area is 120 Å². The Bertz CT molecular complexity index is 663. The van der Waals surface area contributed by atoms with Gasteiger partial charge in [0.25, 0.3) is 0 Å². The Hall–Kier alpha value is -2.90. The van der Waals surface area contributed by atoms with Gasteiger partial charge in [-0.05, 0) is 41.1 Å². The van der Waals surface area contributed by atoms with Gasteiger partial charge in [0.2, 0.25) is 12.1 Å². The maximum Gasteiger partial charge on any atom is 0.406 e. The van der Waals surface area contributed by atoms with Gasteiger partial charge < -0.3 is 20.2 Å². The minimum atomic E-state index is -0.560. The van der Waals surface area contributed by atoms with E-state index >= 15 is 0 Å². The standard InChI is InChI=1S/C13H14N4O4/c1-3-21-13(18)9-4-6-10(7-5-9)15-12-11(17(19)20)14-8-16(12)2/h4-8,15H,3H2,1-2H3. The quantitative estimate of drug-likeness (QED) is 0.515. The fraction of sp³-hybridized carbons (Fsp3) is 0.231. The van der Waals surface area contributed by atoms with E-state index in [1.165, 1.54) is 10.9 Å². The number of nitro groups is 1. The van der Waals surface area contributed by atoms with Crippen LogP contribution in [0.2, 0.25) is 0 Å². The third kappa shape index (κ3) is 3.16. The van der Waals surface area contributed by atoms with E-state index < -0.39 is 10.9 Å². The predicted octanol–water partition coefficient (Wildman–Crippen LogP) is 2.25. The second kappa shape index (κ2) is 6.04. The molecule has 2 rings (SSSR count). The first-order chi connectivity index (χ1) is 10.0. The van der Waals surface area contributed by atoms with Gasteiger partial charge in [0.1, 0.15) is 0 Å². The van der Waals surface area contributed by atoms with Crippen LogP contribution in [0.3, 0.4) is 0 Å². The monoisotopic (exact) mass is 290 g/mol. The zero-order valence-electron chi connectivity index (χ0n) is 11.6. The number of aryl methyl sites for hydroxylation is 1. The molecular weight excluding hydrogens is 276 g/mol. The Morgan fingerprint density at radius 2 is 2.10 bits per heavy atom. The lowest BCUT2D eigenvalue weighted by Gasteiger charge is -2.07. The highest BCUT2D eigenvalue weighted by Gasteiger charge is 2.20. The van der Waals surface area contributed by atoms with Crippen LogP contribution in [0.25, 0.3) is 0 Å². The van der Waals surface area contributed by atoms with Crippen molar-refractivity contribution in [1.29, 1.82) is 0 Å². The topological polar surface area (TPSA) is 99.3 Å². The molecule has 8 nitrogen and oxygen atoms in total. The number of esters is 1. The average molecular weight is 290 g/mol. The minimum Gasteiger partial charge on any atom is -0.462 e. The molecule has 0 aliphatic rings. The van der Waals surface area contributed by atoms with Crippen LogP contribution < -0.4 is 5.32 Å². The van der Waals surface area contributed by atoms with Crippen molar-refractivity contribution in [2.24, 2.45) is 7.05 Å². The van der Waals surface area contributed by atoms with Crippen molar-refractivity contribution < 1.29 is 14.5 Å². The summed E-state index contributed by atoms with van der Waals surface area (Å²) in [6.07, 6.45) is 1.35. The number of anilines is 2. The molecule has 0 aliphatic heterocycles. The first kappa shape index (κ1) is 14.5. The van der Waals surface area contributed by atoms with E-state index in [1.807, 2.05) is 0 Å². The molecule has 0 spiro atoms. The molecule has 1 aromatic carbocycles. The smallest absolute Gasteiger partial charge is 0.406 e. The number of aromatic nitrogens is 2. The highest BCUT2D eigenvalue weighted by molar-refractivity contribution is 5.89. The lowest BCUT2D eigenvalue weighted by atomic mass is 10.2. The number of carbonyl (C=O) groups is 1. The van der Waals surface area contributed by atoms with Crippen LogP contribution in [0.1, 0.15) is 17.3 Å². The molecule has 0 saturated carbocycles. The first-order valence-corrected chi connectivity index (χ1v) is 6.22. The number of imidazole rings is 1. The minimum absolute atomic E-state index is 0.257. The van der Waals surface area contributed by atoms with Crippen molar-refractivity contribution in [3.05, 3.63) is 46.3 Å². The third-order valence-corrected chi connectivity index (χ3v) is 2.75. The molecule has 21 heavy (non-hydrogen) atoms. The van der Waals surface area contributed by atoms with E-state index in [4.69, 9.17) is 4.74 Å². The summed E-state index contributed by atoms with van der Waals surface area (Å²) < 4.78 is 6.39. The number of carbonyl (C=O) groups excluding carboxylic acids is 1. The van der Waals surface area contributed by atoms with Gasteiger partial charge in [-0.15, -0.1) is 0 Å². The molecule has 2 aromatic rings. The third-order valence-electron chi connectivity index (χ3n) is 2.75. The zero-order valence-corrected chi connectivity index (χ0v) is 11.6. The van der Waals surface area contributed by atoms with E-state index in [2.05, 4.69) is 10.3 Å². The number of hydrogen-bond acceptors (Lipinski definition) is 6. The average Bonchev–Trinajstić information content (AvgIpc) is 2.81. The van der Waals surface area contributed by atoms with Gasteiger partial charge in [0, 0.05) is 12.7 Å². The van der Waals surface area contributed by atoms with Crippen LogP contribution in [0.5, 0.6) is 0 Å². The number of nitrogens with one attached hydrogen (secondary N) is 1. The molecule has 0 aliphatic carbocycles. The normalized spacial score (nSPS) is 10.2. The van der Waals surface area contributed by atoms with E-state index in [-0.39, 0.29) is 11.6 Å². The SMILES string of the molecule is CCOC(=O)c1ccc(Nc2c([N+](=O)[O-])ncn2C)cc1. The molecule has 0 fully saturated rings. The lowest BCUT2D eigenvalue weighted by Crippen LogP contribution is -2.05. The molecule has 110 valence electrons. The largest absolute Gasteiger partial charge is 0.462 e. The molecule has 0 atom stereocenters. The molecule has 8 heteroatoms. The number of nitrogens with zero attached hydrogens (tertiary/aromatic N) is 3. The zero-order chi connectivity index (χ0) is 15.4. The van der Waals surface area contributed by atoms with Gasteiger partial charge in [-0.2, -0.15) is 0 Å². The Kier molecular flexibility index (Phi) is 4.17. The Morgan fingerprint density at radius 3 is 2.67 bits per heavy atom. The maximum atomic E-state index is 11.5. The summed E-state index contributed by atoms with van der Waals surface area (Å²) >= 11 is 0. The summed E-state index contributed by atoms with van der Waals surface area (Å²) in [4.78, 5) is 25.5. The van der Waals surface area contributed by atoms with Gasteiger partial charge in [-0.1, -0.05) is 0 Å². The number of ether oxygens (including phenoxy) is 1. The van der Waals surface area contributed by atoms with Crippen molar-refractivity contribution in [2.45, 2.75) is 6.92 Å². The molecule has 1 aromatic heterocycles. The van der Waals surface area contributed by atoms with Crippen LogP contribution in [0.4, 0.5) is 17.3 Å². The number of benzene rings is 1. The Morgan fingerprint density at radius 1 is 1.43 bits per heavy atom. The van der Waals surface area contributed by atoms with E-state index in [1.54, 1.807) is 38.2 Å². The van der Waals surface area contributed by atoms with Gasteiger partial charge in [0.05, 0.1) is 12.2 Å². The van der Waals surface area contributed by atoms with Gasteiger partial charge >= 0.3 is 11.8 Å². The fourth-order valence-corrected chi connectivity index (χ4v) is 1.74. The molecule has 1 heterocycles. The van der Waals surface area contributed by atoms with E-state index in [9.17, 15) is 14.9 Å². The summed E-state index contributed by atoms with van der Waals surface area (Å²) in [6.45, 7) is 2.04. The van der Waals surface area contributed by atoms with Crippen molar-refractivity contribution in [3.63, 3.8) is 0 Å². The summed E-state index contributed by atoms with van der Waals surface area (Å²) in [5, 5.41) is 13.8. The van der Waals surface area contributed by atoms with Gasteiger partial charge in [-0.25, -0.2) is 4.79 Å². The summed E-state index contributed by atoms with van der Waals surface area (Å²) in [6, 6.07) is 6.46. The number of hydrogen-bond donors (Lipinski definition) is 1. The summed E-state index contributed by atoms with van der Waals surface area (Å²) in [5.41, 5.74) is 1.02. The summed E-state index contributed by atoms with van der Waals surface area (Å²) in [7, 11) is 1.65. The fourth-order valence-electron chi connectivity index (χ4n) is 1.74. The lowest BCUT2D eigenvalue weighted by molar-refractivity contribution is -0.388. The van der Waals surface area contributed by atoms with Crippen LogP contribution >= 0.6 is 0 Å².